The van der Waals surface area contributed by atoms with Crippen molar-refractivity contribution in [3.8, 4) is 17.2 Å². The maximum atomic E-state index is 14.2. The molecule has 0 spiro atoms. The van der Waals surface area contributed by atoms with E-state index in [1.165, 1.54) is 6.07 Å². The molecule has 1 fully saturated rings. The van der Waals surface area contributed by atoms with Crippen molar-refractivity contribution in [3.63, 3.8) is 0 Å². The Bertz CT molecular complexity index is 1250. The lowest BCUT2D eigenvalue weighted by atomic mass is 9.81. The van der Waals surface area contributed by atoms with E-state index in [-0.39, 0.29) is 17.2 Å². The lowest BCUT2D eigenvalue weighted by Crippen LogP contribution is -2.38. The monoisotopic (exact) mass is 342 g/mol. The van der Waals surface area contributed by atoms with Crippen molar-refractivity contribution in [1.29, 1.82) is 0 Å². The molecule has 126 valence electrons. The molecule has 0 radical (unpaired) electrons. The fourth-order valence-corrected chi connectivity index (χ4v) is 2.20. The second-order valence-corrected chi connectivity index (χ2v) is 4.91. The van der Waals surface area contributed by atoms with E-state index in [4.69, 9.17) is 32.0 Å². The van der Waals surface area contributed by atoms with Crippen LogP contribution in [0.1, 0.15) is 35.7 Å². The Hall–Kier alpha value is -2.27. The molecule has 2 heterocycles. The summed E-state index contributed by atoms with van der Waals surface area (Å²) in [4.78, 5) is 0. The van der Waals surface area contributed by atoms with Crippen LogP contribution in [0.4, 0.5) is 4.39 Å². The Morgan fingerprint density at radius 3 is 3.04 bits per heavy atom. The summed E-state index contributed by atoms with van der Waals surface area (Å²) >= 11 is 0. The number of nitrogens with one attached hydrogen (secondary N) is 1. The average molecular weight is 342 g/mol. The highest BCUT2D eigenvalue weighted by molar-refractivity contribution is 5.46. The Morgan fingerprint density at radius 1 is 1.33 bits per heavy atom. The molecule has 4 nitrogen and oxygen atoms in total. The van der Waals surface area contributed by atoms with Gasteiger partial charge in [-0.1, -0.05) is 12.1 Å². The van der Waals surface area contributed by atoms with Gasteiger partial charge in [0, 0.05) is 25.4 Å². The summed E-state index contributed by atoms with van der Waals surface area (Å²) in [6.07, 6.45) is -3.23. The van der Waals surface area contributed by atoms with Crippen LogP contribution in [-0.2, 0) is 0 Å². The molecule has 24 heavy (non-hydrogen) atoms. The molecule has 5 heteroatoms. The number of benzene rings is 2. The topological polar surface area (TPSA) is 39.7 Å². The molecule has 2 atom stereocenters. The van der Waals surface area contributed by atoms with Gasteiger partial charge in [0.25, 0.3) is 0 Å². The van der Waals surface area contributed by atoms with E-state index in [1.54, 1.807) is 0 Å². The first-order valence-corrected chi connectivity index (χ1v) is 6.97. The molecule has 0 aliphatic carbocycles. The number of rotatable bonds is 4. The van der Waals surface area contributed by atoms with E-state index in [1.807, 2.05) is 0 Å². The van der Waals surface area contributed by atoms with Crippen LogP contribution in [-0.4, -0.2) is 26.3 Å². The smallest absolute Gasteiger partial charge is 0.231 e. The van der Waals surface area contributed by atoms with Crippen molar-refractivity contribution in [2.24, 2.45) is 5.89 Å². The van der Waals surface area contributed by atoms with Crippen molar-refractivity contribution in [2.45, 2.75) is 12.3 Å². The molecule has 2 aromatic carbocycles. The number of fused-ring (bicyclic) bond motifs is 1. The van der Waals surface area contributed by atoms with Gasteiger partial charge in [0.15, 0.2) is 11.5 Å². The largest absolute Gasteiger partial charge is 0.493 e. The van der Waals surface area contributed by atoms with E-state index in [9.17, 15) is 4.39 Å². The fraction of sp³-hybridized carbons (Fsp3) is 0.368. The first-order chi connectivity index (χ1) is 16.8. The summed E-state index contributed by atoms with van der Waals surface area (Å²) < 4.78 is 136. The molecule has 0 aromatic heterocycles. The summed E-state index contributed by atoms with van der Waals surface area (Å²) in [6, 6.07) is -1.09. The lowest BCUT2D eigenvalue weighted by Gasteiger charge is -2.32. The van der Waals surface area contributed by atoms with Gasteiger partial charge in [-0.25, -0.2) is 4.39 Å². The summed E-state index contributed by atoms with van der Waals surface area (Å²) in [5.74, 6) is -7.19. The molecule has 2 aliphatic rings. The van der Waals surface area contributed by atoms with Crippen LogP contribution in [0.5, 0.6) is 17.2 Å². The molecule has 2 aliphatic heterocycles. The highest BCUT2D eigenvalue weighted by atomic mass is 19.1. The molecule has 0 bridgehead atoms. The standard InChI is InChI=1S/C19H20FNO3/c20-15-3-1-13(2-4-15)17-7-8-21-10-14(17)11-22-16-5-6-18-19(9-16)24-12-23-18/h1-6,9,14,17,21H,7-8,10-12H2/t14?,17-/m0/s1/i1D,2D,3D,4D,7D2,8D2,11D2,12D2,14D. The van der Waals surface area contributed by atoms with Crippen LogP contribution in [0.15, 0.2) is 42.4 Å². The quantitative estimate of drug-likeness (QED) is 0.925. The van der Waals surface area contributed by atoms with Crippen LogP contribution in [0.2, 0.25) is 0 Å². The van der Waals surface area contributed by atoms with E-state index >= 15 is 0 Å². The Morgan fingerprint density at radius 2 is 2.17 bits per heavy atom. The summed E-state index contributed by atoms with van der Waals surface area (Å²) in [5, 5.41) is 2.13. The summed E-state index contributed by atoms with van der Waals surface area (Å²) in [7, 11) is 0. The van der Waals surface area contributed by atoms with Crippen LogP contribution in [0, 0.1) is 11.7 Å². The van der Waals surface area contributed by atoms with Crippen molar-refractivity contribution in [3.05, 3.63) is 53.7 Å². The molecule has 1 N–H and O–H groups in total. The summed E-state index contributed by atoms with van der Waals surface area (Å²) in [6.45, 7) is -9.55. The zero-order valence-corrected chi connectivity index (χ0v) is 12.1. The number of hydrogen-bond acceptors (Lipinski definition) is 4. The highest BCUT2D eigenvalue weighted by Gasteiger charge is 2.27. The molecular formula is C19H20FNO3. The second kappa shape index (κ2) is 6.69. The maximum absolute atomic E-state index is 14.2. The van der Waals surface area contributed by atoms with Crippen molar-refractivity contribution >= 4 is 0 Å². The van der Waals surface area contributed by atoms with Crippen molar-refractivity contribution in [1.82, 2.24) is 5.32 Å². The summed E-state index contributed by atoms with van der Waals surface area (Å²) in [5.41, 5.74) is -0.881. The van der Waals surface area contributed by atoms with Gasteiger partial charge in [-0.2, -0.15) is 0 Å². The number of piperidine rings is 1. The number of ether oxygens (including phenoxy) is 3. The van der Waals surface area contributed by atoms with Crippen LogP contribution < -0.4 is 19.5 Å². The van der Waals surface area contributed by atoms with Crippen LogP contribution in [0.3, 0.4) is 0 Å². The molecule has 0 saturated carbocycles. The normalized spacial score (nSPS) is 40.2. The van der Waals surface area contributed by atoms with E-state index < -0.39 is 80.1 Å². The van der Waals surface area contributed by atoms with E-state index in [2.05, 4.69) is 5.32 Å². The van der Waals surface area contributed by atoms with Gasteiger partial charge in [-0.3, -0.25) is 0 Å². The van der Waals surface area contributed by atoms with Crippen LogP contribution >= 0.6 is 0 Å². The molecular weight excluding hydrogens is 309 g/mol. The number of hydrogen-bond donors (Lipinski definition) is 1. The molecule has 4 rings (SSSR count). The Balaban J connectivity index is 1.86. The van der Waals surface area contributed by atoms with Crippen molar-refractivity contribution < 1.29 is 36.4 Å². The SMILES string of the molecule is [2H]c1c([2H])c([C@@H]2C([2H])([2H])C([2H])([2H])NCC2([2H])C([2H])([2H])Oc2ccc3c(c2)OC([2H])([2H])O3)c([2H])c([2H])c1F. The minimum Gasteiger partial charge on any atom is -0.493 e. The Labute approximate surface area is 158 Å². The average Bonchev–Trinajstić information content (AvgIpc) is 3.09. The van der Waals surface area contributed by atoms with Gasteiger partial charge >= 0.3 is 0 Å². The van der Waals surface area contributed by atoms with Crippen LogP contribution in [0.25, 0.3) is 0 Å². The van der Waals surface area contributed by atoms with E-state index in [0.717, 1.165) is 12.1 Å². The predicted molar refractivity (Wildman–Crippen MR) is 88.2 cm³/mol. The third-order valence-corrected chi connectivity index (χ3v) is 3.35. The third-order valence-electron chi connectivity index (χ3n) is 3.35. The molecule has 1 unspecified atom stereocenters. The zero-order valence-electron chi connectivity index (χ0n) is 25.1. The first-order valence-electron chi connectivity index (χ1n) is 13.5. The van der Waals surface area contributed by atoms with Gasteiger partial charge in [0.2, 0.25) is 6.75 Å². The Kier molecular flexibility index (Phi) is 1.83. The molecule has 2 aromatic rings. The highest BCUT2D eigenvalue weighted by Crippen LogP contribution is 2.36. The van der Waals surface area contributed by atoms with Gasteiger partial charge in [0.1, 0.15) is 14.3 Å². The van der Waals surface area contributed by atoms with E-state index in [0.29, 0.717) is 0 Å². The lowest BCUT2D eigenvalue weighted by molar-refractivity contribution is 0.173. The maximum Gasteiger partial charge on any atom is 0.231 e. The molecule has 0 amide bonds. The van der Waals surface area contributed by atoms with Crippen molar-refractivity contribution in [2.75, 3.05) is 26.3 Å². The number of halogens is 1. The van der Waals surface area contributed by atoms with Gasteiger partial charge in [-0.15, -0.1) is 0 Å². The van der Waals surface area contributed by atoms with Gasteiger partial charge < -0.3 is 19.5 Å². The third kappa shape index (κ3) is 3.17. The fourth-order valence-electron chi connectivity index (χ4n) is 2.20. The first kappa shape index (κ1) is 6.56. The van der Waals surface area contributed by atoms with Gasteiger partial charge in [-0.05, 0) is 48.6 Å². The van der Waals surface area contributed by atoms with Gasteiger partial charge in [0.05, 0.1) is 14.8 Å². The predicted octanol–water partition coefficient (Wildman–Crippen LogP) is 3.33. The molecule has 1 saturated heterocycles. The minimum atomic E-state index is -3.23. The minimum absolute atomic E-state index is 0.0183. The second-order valence-electron chi connectivity index (χ2n) is 4.91. The zero-order chi connectivity index (χ0) is 27.9.